The summed E-state index contributed by atoms with van der Waals surface area (Å²) in [4.78, 5) is 0. The molecule has 0 bridgehead atoms. The van der Waals surface area contributed by atoms with Crippen LogP contribution >= 0.6 is 11.6 Å². The molecule has 1 aromatic rings. The van der Waals surface area contributed by atoms with E-state index in [1.54, 1.807) is 0 Å². The molecule has 3 heteroatoms. The van der Waals surface area contributed by atoms with Gasteiger partial charge < -0.3 is 10.4 Å². The third kappa shape index (κ3) is 4.48. The summed E-state index contributed by atoms with van der Waals surface area (Å²) < 4.78 is 0. The van der Waals surface area contributed by atoms with Crippen LogP contribution in [0, 0.1) is 5.92 Å². The molecule has 1 aromatic carbocycles. The maximum Gasteiger partial charge on any atom is 0.0540 e. The van der Waals surface area contributed by atoms with Crippen LogP contribution in [0.15, 0.2) is 24.3 Å². The molecule has 0 heterocycles. The zero-order chi connectivity index (χ0) is 13.7. The number of hydrogen-bond acceptors (Lipinski definition) is 2. The van der Waals surface area contributed by atoms with Gasteiger partial charge in [-0.25, -0.2) is 0 Å². The second-order valence-corrected chi connectivity index (χ2v) is 6.04. The molecule has 19 heavy (non-hydrogen) atoms. The van der Waals surface area contributed by atoms with E-state index in [2.05, 4.69) is 18.3 Å². The van der Waals surface area contributed by atoms with Crippen molar-refractivity contribution in [3.8, 4) is 0 Å². The van der Waals surface area contributed by atoms with Crippen LogP contribution in [0.25, 0.3) is 0 Å². The Kier molecular flexibility index (Phi) is 5.68. The summed E-state index contributed by atoms with van der Waals surface area (Å²) in [5.74, 6) is 0.705. The minimum atomic E-state index is -0.0637. The molecule has 0 radical (unpaired) electrons. The van der Waals surface area contributed by atoms with Gasteiger partial charge in [0.15, 0.2) is 0 Å². The highest BCUT2D eigenvalue weighted by Crippen LogP contribution is 2.25. The van der Waals surface area contributed by atoms with E-state index in [1.165, 1.54) is 5.56 Å². The Hall–Kier alpha value is -0.570. The fourth-order valence-electron chi connectivity index (χ4n) is 2.88. The number of aliphatic hydroxyl groups excluding tert-OH is 1. The molecule has 2 nitrogen and oxygen atoms in total. The van der Waals surface area contributed by atoms with Crippen molar-refractivity contribution in [2.24, 2.45) is 5.92 Å². The fraction of sp³-hybridized carbons (Fsp3) is 0.625. The number of aliphatic hydroxyl groups is 1. The van der Waals surface area contributed by atoms with Gasteiger partial charge in [0.05, 0.1) is 6.10 Å². The predicted molar refractivity (Wildman–Crippen MR) is 80.5 cm³/mol. The van der Waals surface area contributed by atoms with E-state index in [1.807, 2.05) is 18.2 Å². The first-order valence-corrected chi connectivity index (χ1v) is 7.73. The lowest BCUT2D eigenvalue weighted by atomic mass is 9.87. The number of nitrogens with one attached hydrogen (secondary N) is 1. The zero-order valence-corrected chi connectivity index (χ0v) is 12.4. The predicted octanol–water partition coefficient (Wildman–Crippen LogP) is 3.93. The molecular weight excluding hydrogens is 258 g/mol. The summed E-state index contributed by atoms with van der Waals surface area (Å²) in [5, 5.41) is 14.0. The van der Waals surface area contributed by atoms with Crippen LogP contribution in [0.3, 0.4) is 0 Å². The third-order valence-corrected chi connectivity index (χ3v) is 4.36. The van der Waals surface area contributed by atoms with Crippen LogP contribution < -0.4 is 5.32 Å². The van der Waals surface area contributed by atoms with E-state index in [-0.39, 0.29) is 6.10 Å². The van der Waals surface area contributed by atoms with Gasteiger partial charge in [-0.2, -0.15) is 0 Å². The molecule has 0 saturated heterocycles. The smallest absolute Gasteiger partial charge is 0.0540 e. The largest absolute Gasteiger partial charge is 0.393 e. The minimum absolute atomic E-state index is 0.0637. The Morgan fingerprint density at radius 2 is 2.05 bits per heavy atom. The summed E-state index contributed by atoms with van der Waals surface area (Å²) in [7, 11) is 0. The summed E-state index contributed by atoms with van der Waals surface area (Å²) in [6, 6.07) is 8.50. The van der Waals surface area contributed by atoms with Crippen LogP contribution in [0.4, 0.5) is 0 Å². The lowest BCUT2D eigenvalue weighted by Crippen LogP contribution is -2.30. The van der Waals surface area contributed by atoms with Crippen molar-refractivity contribution in [3.63, 3.8) is 0 Å². The SMILES string of the molecule is CCC(NCC1CCC(O)CC1)c1cccc(Cl)c1. The molecule has 1 saturated carbocycles. The first-order chi connectivity index (χ1) is 9.19. The topological polar surface area (TPSA) is 32.3 Å². The Bertz CT molecular complexity index is 388. The summed E-state index contributed by atoms with van der Waals surface area (Å²) >= 11 is 6.06. The molecule has 1 fully saturated rings. The molecule has 1 aliphatic rings. The molecule has 1 atom stereocenters. The van der Waals surface area contributed by atoms with Crippen molar-refractivity contribution < 1.29 is 5.11 Å². The monoisotopic (exact) mass is 281 g/mol. The molecule has 0 spiro atoms. The van der Waals surface area contributed by atoms with Gasteiger partial charge in [-0.1, -0.05) is 30.7 Å². The van der Waals surface area contributed by atoms with Crippen LogP contribution in [0.5, 0.6) is 0 Å². The van der Waals surface area contributed by atoms with E-state index >= 15 is 0 Å². The van der Waals surface area contributed by atoms with Crippen LogP contribution in [-0.2, 0) is 0 Å². The molecule has 0 aliphatic heterocycles. The van der Waals surface area contributed by atoms with E-state index in [0.717, 1.165) is 43.7 Å². The normalized spacial score (nSPS) is 25.2. The van der Waals surface area contributed by atoms with Crippen molar-refractivity contribution in [1.82, 2.24) is 5.32 Å². The number of halogens is 1. The molecule has 2 rings (SSSR count). The average molecular weight is 282 g/mol. The van der Waals surface area contributed by atoms with Crippen molar-refractivity contribution in [2.75, 3.05) is 6.54 Å². The van der Waals surface area contributed by atoms with Gasteiger partial charge >= 0.3 is 0 Å². The molecule has 2 N–H and O–H groups in total. The van der Waals surface area contributed by atoms with Crippen LogP contribution in [0.1, 0.15) is 50.6 Å². The van der Waals surface area contributed by atoms with Crippen molar-refractivity contribution in [1.29, 1.82) is 0 Å². The summed E-state index contributed by atoms with van der Waals surface area (Å²) in [6.07, 6.45) is 5.20. The van der Waals surface area contributed by atoms with Crippen LogP contribution in [0.2, 0.25) is 5.02 Å². The van der Waals surface area contributed by atoms with Crippen LogP contribution in [-0.4, -0.2) is 17.8 Å². The zero-order valence-electron chi connectivity index (χ0n) is 11.6. The first-order valence-electron chi connectivity index (χ1n) is 7.36. The first kappa shape index (κ1) is 14.8. The Morgan fingerprint density at radius 3 is 2.68 bits per heavy atom. The van der Waals surface area contributed by atoms with Crippen molar-refractivity contribution in [3.05, 3.63) is 34.9 Å². The number of hydrogen-bond donors (Lipinski definition) is 2. The summed E-state index contributed by atoms with van der Waals surface area (Å²) in [6.45, 7) is 3.24. The van der Waals surface area contributed by atoms with Gasteiger partial charge in [0, 0.05) is 11.1 Å². The van der Waals surface area contributed by atoms with Gasteiger partial charge in [0.25, 0.3) is 0 Å². The molecule has 1 aliphatic carbocycles. The summed E-state index contributed by atoms with van der Waals surface area (Å²) in [5.41, 5.74) is 1.27. The molecule has 0 amide bonds. The van der Waals surface area contributed by atoms with Gasteiger partial charge in [-0.05, 0) is 62.3 Å². The quantitative estimate of drug-likeness (QED) is 0.857. The van der Waals surface area contributed by atoms with Crippen molar-refractivity contribution >= 4 is 11.6 Å². The van der Waals surface area contributed by atoms with E-state index in [0.29, 0.717) is 12.0 Å². The standard InChI is InChI=1S/C16H24ClNO/c1-2-16(13-4-3-5-14(17)10-13)18-11-12-6-8-15(19)9-7-12/h3-5,10,12,15-16,18-19H,2,6-9,11H2,1H3. The highest BCUT2D eigenvalue weighted by atomic mass is 35.5. The van der Waals surface area contributed by atoms with E-state index in [4.69, 9.17) is 11.6 Å². The van der Waals surface area contributed by atoms with Gasteiger partial charge in [-0.3, -0.25) is 0 Å². The maximum absolute atomic E-state index is 9.52. The molecular formula is C16H24ClNO. The van der Waals surface area contributed by atoms with Crippen molar-refractivity contribution in [2.45, 2.75) is 51.2 Å². The Morgan fingerprint density at radius 1 is 1.32 bits per heavy atom. The second kappa shape index (κ2) is 7.28. The molecule has 1 unspecified atom stereocenters. The van der Waals surface area contributed by atoms with Gasteiger partial charge in [-0.15, -0.1) is 0 Å². The Balaban J connectivity index is 1.86. The second-order valence-electron chi connectivity index (χ2n) is 5.60. The lowest BCUT2D eigenvalue weighted by Gasteiger charge is -2.27. The third-order valence-electron chi connectivity index (χ3n) is 4.13. The van der Waals surface area contributed by atoms with Gasteiger partial charge in [0.2, 0.25) is 0 Å². The fourth-order valence-corrected chi connectivity index (χ4v) is 3.08. The van der Waals surface area contributed by atoms with E-state index < -0.39 is 0 Å². The molecule has 0 aromatic heterocycles. The Labute approximate surface area is 121 Å². The molecule has 106 valence electrons. The highest BCUT2D eigenvalue weighted by Gasteiger charge is 2.20. The van der Waals surface area contributed by atoms with Gasteiger partial charge in [0.1, 0.15) is 0 Å². The number of rotatable bonds is 5. The minimum Gasteiger partial charge on any atom is -0.393 e. The lowest BCUT2D eigenvalue weighted by molar-refractivity contribution is 0.107. The van der Waals surface area contributed by atoms with E-state index in [9.17, 15) is 5.11 Å². The highest BCUT2D eigenvalue weighted by molar-refractivity contribution is 6.30. The maximum atomic E-state index is 9.52. The number of benzene rings is 1. The average Bonchev–Trinajstić information content (AvgIpc) is 2.42.